The van der Waals surface area contributed by atoms with Gasteiger partial charge in [-0.2, -0.15) is 0 Å². The van der Waals surface area contributed by atoms with Crippen LogP contribution in [-0.2, 0) is 5.41 Å². The first-order valence-electron chi connectivity index (χ1n) is 19.4. The van der Waals surface area contributed by atoms with Gasteiger partial charge in [0.15, 0.2) is 0 Å². The van der Waals surface area contributed by atoms with Crippen molar-refractivity contribution in [2.75, 3.05) is 4.90 Å². The van der Waals surface area contributed by atoms with E-state index in [2.05, 4.69) is 229 Å². The minimum atomic E-state index is -0.374. The normalized spacial score (nSPS) is 12.8. The van der Waals surface area contributed by atoms with Gasteiger partial charge in [0.1, 0.15) is 0 Å². The monoisotopic (exact) mass is 711 g/mol. The highest BCUT2D eigenvalue weighted by Crippen LogP contribution is 2.63. The van der Waals surface area contributed by atoms with Crippen LogP contribution < -0.4 is 4.90 Å². The third-order valence-electron chi connectivity index (χ3n) is 11.9. The summed E-state index contributed by atoms with van der Waals surface area (Å²) in [7, 11) is 0. The van der Waals surface area contributed by atoms with Crippen LogP contribution in [0.1, 0.15) is 22.3 Å². The van der Waals surface area contributed by atoms with Crippen molar-refractivity contribution in [1.82, 2.24) is 0 Å². The first-order chi connectivity index (χ1) is 27.8. The number of hydrogen-bond acceptors (Lipinski definition) is 1. The molecule has 2 aliphatic rings. The molecular formula is C55H37N. The fraction of sp³-hybridized carbons (Fsp3) is 0.0182. The van der Waals surface area contributed by atoms with Gasteiger partial charge in [-0.1, -0.05) is 188 Å². The van der Waals surface area contributed by atoms with Gasteiger partial charge in [-0.25, -0.2) is 0 Å². The molecule has 0 fully saturated rings. The number of benzene rings is 9. The fourth-order valence-electron chi connectivity index (χ4n) is 9.52. The maximum Gasteiger partial charge on any atom is 0.0725 e. The van der Waals surface area contributed by atoms with Crippen molar-refractivity contribution in [3.05, 3.63) is 247 Å². The molecule has 0 atom stereocenters. The van der Waals surface area contributed by atoms with Gasteiger partial charge >= 0.3 is 0 Å². The second-order valence-corrected chi connectivity index (χ2v) is 14.8. The molecule has 56 heavy (non-hydrogen) atoms. The highest BCUT2D eigenvalue weighted by molar-refractivity contribution is 5.97. The van der Waals surface area contributed by atoms with E-state index >= 15 is 0 Å². The third kappa shape index (κ3) is 4.88. The second kappa shape index (κ2) is 13.0. The van der Waals surface area contributed by atoms with Crippen molar-refractivity contribution in [3.63, 3.8) is 0 Å². The summed E-state index contributed by atoms with van der Waals surface area (Å²) < 4.78 is 0. The van der Waals surface area contributed by atoms with Gasteiger partial charge < -0.3 is 4.90 Å². The molecule has 0 aliphatic heterocycles. The van der Waals surface area contributed by atoms with Gasteiger partial charge in [-0.3, -0.25) is 0 Å². The fourth-order valence-corrected chi connectivity index (χ4v) is 9.52. The average molecular weight is 712 g/mol. The van der Waals surface area contributed by atoms with Gasteiger partial charge in [-0.15, -0.1) is 0 Å². The Kier molecular flexibility index (Phi) is 7.47. The first kappa shape index (κ1) is 32.2. The van der Waals surface area contributed by atoms with Crippen molar-refractivity contribution in [2.45, 2.75) is 5.41 Å². The molecule has 0 heterocycles. The summed E-state index contributed by atoms with van der Waals surface area (Å²) in [5, 5.41) is 0. The lowest BCUT2D eigenvalue weighted by Crippen LogP contribution is -2.25. The lowest BCUT2D eigenvalue weighted by atomic mass is 9.70. The molecule has 0 unspecified atom stereocenters. The molecule has 262 valence electrons. The Balaban J connectivity index is 1.11. The van der Waals surface area contributed by atoms with Crippen LogP contribution in [0.3, 0.4) is 0 Å². The molecule has 11 rings (SSSR count). The molecule has 0 radical (unpaired) electrons. The molecule has 0 bridgehead atoms. The molecule has 1 heteroatoms. The van der Waals surface area contributed by atoms with Crippen molar-refractivity contribution in [1.29, 1.82) is 0 Å². The summed E-state index contributed by atoms with van der Waals surface area (Å²) in [5.74, 6) is 0. The first-order valence-corrected chi connectivity index (χ1v) is 19.4. The van der Waals surface area contributed by atoms with Gasteiger partial charge in [0.2, 0.25) is 0 Å². The van der Waals surface area contributed by atoms with E-state index in [0.29, 0.717) is 0 Å². The number of fused-ring (bicyclic) bond motifs is 10. The highest BCUT2D eigenvalue weighted by atomic mass is 15.1. The molecule has 9 aromatic rings. The van der Waals surface area contributed by atoms with Crippen LogP contribution in [0.25, 0.3) is 55.6 Å². The van der Waals surface area contributed by atoms with Gasteiger partial charge in [0.05, 0.1) is 5.41 Å². The molecule has 9 aromatic carbocycles. The van der Waals surface area contributed by atoms with E-state index in [4.69, 9.17) is 0 Å². The van der Waals surface area contributed by atoms with E-state index in [1.807, 2.05) is 0 Å². The number of rotatable bonds is 6. The van der Waals surface area contributed by atoms with Crippen LogP contribution in [0.4, 0.5) is 17.1 Å². The maximum atomic E-state index is 2.43. The predicted molar refractivity (Wildman–Crippen MR) is 234 cm³/mol. The van der Waals surface area contributed by atoms with Crippen molar-refractivity contribution in [3.8, 4) is 55.6 Å². The molecule has 0 saturated carbocycles. The molecule has 0 N–H and O–H groups in total. The smallest absolute Gasteiger partial charge is 0.0725 e. The quantitative estimate of drug-likeness (QED) is 0.166. The van der Waals surface area contributed by atoms with Crippen LogP contribution in [0.5, 0.6) is 0 Å². The summed E-state index contributed by atoms with van der Waals surface area (Å²) in [6, 6.07) is 82.3. The van der Waals surface area contributed by atoms with Crippen LogP contribution in [0.2, 0.25) is 0 Å². The molecule has 0 amide bonds. The molecule has 0 aromatic heterocycles. The Labute approximate surface area is 328 Å². The zero-order valence-electron chi connectivity index (χ0n) is 30.8. The van der Waals surface area contributed by atoms with E-state index in [1.54, 1.807) is 0 Å². The Morgan fingerprint density at radius 3 is 1.25 bits per heavy atom. The summed E-state index contributed by atoms with van der Waals surface area (Å²) in [5.41, 5.74) is 20.8. The van der Waals surface area contributed by atoms with E-state index in [-0.39, 0.29) is 5.41 Å². The molecule has 0 saturated heterocycles. The average Bonchev–Trinajstić information content (AvgIpc) is 3.75. The van der Waals surface area contributed by atoms with E-state index in [0.717, 1.165) is 17.1 Å². The lowest BCUT2D eigenvalue weighted by Gasteiger charge is -2.31. The molecule has 1 spiro atoms. The summed E-state index contributed by atoms with van der Waals surface area (Å²) in [4.78, 5) is 2.42. The Bertz CT molecular complexity index is 2860. The van der Waals surface area contributed by atoms with Crippen LogP contribution >= 0.6 is 0 Å². The zero-order chi connectivity index (χ0) is 37.1. The van der Waals surface area contributed by atoms with E-state index in [9.17, 15) is 0 Å². The van der Waals surface area contributed by atoms with Gasteiger partial charge in [-0.05, 0) is 114 Å². The minimum absolute atomic E-state index is 0.374. The maximum absolute atomic E-state index is 2.43. The van der Waals surface area contributed by atoms with Crippen molar-refractivity contribution in [2.24, 2.45) is 0 Å². The summed E-state index contributed by atoms with van der Waals surface area (Å²) >= 11 is 0. The van der Waals surface area contributed by atoms with E-state index in [1.165, 1.54) is 77.9 Å². The van der Waals surface area contributed by atoms with Crippen molar-refractivity contribution >= 4 is 17.1 Å². The van der Waals surface area contributed by atoms with Crippen molar-refractivity contribution < 1.29 is 0 Å². The summed E-state index contributed by atoms with van der Waals surface area (Å²) in [6.45, 7) is 0. The van der Waals surface area contributed by atoms with Gasteiger partial charge in [0.25, 0.3) is 0 Å². The van der Waals surface area contributed by atoms with Gasteiger partial charge in [0, 0.05) is 17.1 Å². The number of hydrogen-bond donors (Lipinski definition) is 0. The van der Waals surface area contributed by atoms with Crippen LogP contribution in [-0.4, -0.2) is 0 Å². The second-order valence-electron chi connectivity index (χ2n) is 14.8. The van der Waals surface area contributed by atoms with Crippen LogP contribution in [0, 0.1) is 0 Å². The third-order valence-corrected chi connectivity index (χ3v) is 11.9. The summed E-state index contributed by atoms with van der Waals surface area (Å²) in [6.07, 6.45) is 0. The highest BCUT2D eigenvalue weighted by Gasteiger charge is 2.51. The minimum Gasteiger partial charge on any atom is -0.310 e. The number of anilines is 3. The number of nitrogens with zero attached hydrogens (tertiary/aromatic N) is 1. The largest absolute Gasteiger partial charge is 0.310 e. The molecule has 1 nitrogen and oxygen atoms in total. The standard InChI is InChI=1S/C55H37N/c1-3-16-38(17-4-1)39-30-32-42(33-31-39)56(43-21-15-20-41(36-43)46-23-8-7-22-45(46)40-18-5-2-6-19-40)44-34-35-54-50(37-44)49-26-11-14-29-53(49)55(54)51-27-12-9-24-47(51)48-25-10-13-28-52(48)55/h1-37H. The zero-order valence-corrected chi connectivity index (χ0v) is 30.8. The Morgan fingerprint density at radius 2 is 0.643 bits per heavy atom. The van der Waals surface area contributed by atoms with E-state index < -0.39 is 0 Å². The Hall–Kier alpha value is -7.22. The topological polar surface area (TPSA) is 3.24 Å². The SMILES string of the molecule is c1ccc(-c2ccc(N(c3cccc(-c4ccccc4-c4ccccc4)c3)c3ccc4c(c3)-c3ccccc3C43c4ccccc4-c4ccccc43)cc2)cc1. The molecular weight excluding hydrogens is 675 g/mol. The lowest BCUT2D eigenvalue weighted by molar-refractivity contribution is 0.794. The Morgan fingerprint density at radius 1 is 0.232 bits per heavy atom. The molecule has 2 aliphatic carbocycles. The predicted octanol–water partition coefficient (Wildman–Crippen LogP) is 14.5. The van der Waals surface area contributed by atoms with Crippen LogP contribution in [0.15, 0.2) is 224 Å².